The third kappa shape index (κ3) is 2.45. The molecule has 1 fully saturated rings. The summed E-state index contributed by atoms with van der Waals surface area (Å²) < 4.78 is 10.8. The van der Waals surface area contributed by atoms with Gasteiger partial charge in [-0.3, -0.25) is 4.79 Å². The van der Waals surface area contributed by atoms with Gasteiger partial charge in [-0.15, -0.1) is 0 Å². The van der Waals surface area contributed by atoms with Crippen molar-refractivity contribution < 1.29 is 14.3 Å². The van der Waals surface area contributed by atoms with E-state index in [1.165, 1.54) is 6.42 Å². The Hall–Kier alpha value is -1.55. The molecule has 2 N–H and O–H groups in total. The Morgan fingerprint density at radius 3 is 2.26 bits per heavy atom. The second-order valence-corrected chi connectivity index (χ2v) is 5.10. The molecule has 1 aliphatic carbocycles. The van der Waals surface area contributed by atoms with Gasteiger partial charge in [0.1, 0.15) is 0 Å². The van der Waals surface area contributed by atoms with Crippen LogP contribution in [0.5, 0.6) is 11.5 Å². The van der Waals surface area contributed by atoms with Gasteiger partial charge in [0.25, 0.3) is 0 Å². The highest BCUT2D eigenvalue weighted by Gasteiger charge is 2.33. The summed E-state index contributed by atoms with van der Waals surface area (Å²) >= 11 is 0. The molecule has 1 aromatic carbocycles. The van der Waals surface area contributed by atoms with Crippen LogP contribution in [0.15, 0.2) is 12.1 Å². The van der Waals surface area contributed by atoms with Gasteiger partial charge in [0.15, 0.2) is 17.8 Å². The zero-order chi connectivity index (χ0) is 13.9. The SMILES string of the molecule is COc1c(C=O)ccc(C2(N)CCCCC2)c1OC. The van der Waals surface area contributed by atoms with Gasteiger partial charge >= 0.3 is 0 Å². The molecule has 0 bridgehead atoms. The largest absolute Gasteiger partial charge is 0.492 e. The maximum absolute atomic E-state index is 11.1. The van der Waals surface area contributed by atoms with Crippen LogP contribution in [0, 0.1) is 0 Å². The number of benzene rings is 1. The highest BCUT2D eigenvalue weighted by atomic mass is 16.5. The minimum Gasteiger partial charge on any atom is -0.492 e. The predicted molar refractivity (Wildman–Crippen MR) is 73.9 cm³/mol. The molecule has 19 heavy (non-hydrogen) atoms. The van der Waals surface area contributed by atoms with Crippen molar-refractivity contribution in [3.8, 4) is 11.5 Å². The molecule has 104 valence electrons. The van der Waals surface area contributed by atoms with E-state index in [1.54, 1.807) is 20.3 Å². The van der Waals surface area contributed by atoms with E-state index in [-0.39, 0.29) is 5.54 Å². The van der Waals surface area contributed by atoms with E-state index in [9.17, 15) is 4.79 Å². The molecular weight excluding hydrogens is 242 g/mol. The second kappa shape index (κ2) is 5.61. The van der Waals surface area contributed by atoms with E-state index in [0.29, 0.717) is 17.1 Å². The molecule has 0 aromatic heterocycles. The summed E-state index contributed by atoms with van der Waals surface area (Å²) in [6.07, 6.45) is 6.12. The van der Waals surface area contributed by atoms with Crippen LogP contribution in [-0.4, -0.2) is 20.5 Å². The van der Waals surface area contributed by atoms with Crippen molar-refractivity contribution in [2.75, 3.05) is 14.2 Å². The topological polar surface area (TPSA) is 61.5 Å². The second-order valence-electron chi connectivity index (χ2n) is 5.10. The lowest BCUT2D eigenvalue weighted by molar-refractivity contribution is 0.111. The minimum atomic E-state index is -0.377. The number of aldehydes is 1. The van der Waals surface area contributed by atoms with Crippen LogP contribution in [0.4, 0.5) is 0 Å². The van der Waals surface area contributed by atoms with Gasteiger partial charge in [0, 0.05) is 11.1 Å². The fourth-order valence-electron chi connectivity index (χ4n) is 2.93. The number of hydrogen-bond acceptors (Lipinski definition) is 4. The Morgan fingerprint density at radius 2 is 1.74 bits per heavy atom. The van der Waals surface area contributed by atoms with E-state index >= 15 is 0 Å². The van der Waals surface area contributed by atoms with E-state index in [1.807, 2.05) is 6.07 Å². The van der Waals surface area contributed by atoms with Crippen molar-refractivity contribution in [1.82, 2.24) is 0 Å². The molecule has 4 heteroatoms. The Bertz CT molecular complexity index is 465. The van der Waals surface area contributed by atoms with Crippen LogP contribution in [0.2, 0.25) is 0 Å². The monoisotopic (exact) mass is 263 g/mol. The Kier molecular flexibility index (Phi) is 4.10. The van der Waals surface area contributed by atoms with Crippen LogP contribution < -0.4 is 15.2 Å². The van der Waals surface area contributed by atoms with Gasteiger partial charge in [-0.05, 0) is 18.9 Å². The molecule has 0 radical (unpaired) electrons. The number of methoxy groups -OCH3 is 2. The average molecular weight is 263 g/mol. The molecular formula is C15H21NO3. The van der Waals surface area contributed by atoms with Gasteiger partial charge in [-0.25, -0.2) is 0 Å². The fourth-order valence-corrected chi connectivity index (χ4v) is 2.93. The van der Waals surface area contributed by atoms with E-state index in [0.717, 1.165) is 37.5 Å². The third-order valence-electron chi connectivity index (χ3n) is 3.96. The van der Waals surface area contributed by atoms with Gasteiger partial charge in [-0.2, -0.15) is 0 Å². The summed E-state index contributed by atoms with van der Waals surface area (Å²) in [6, 6.07) is 3.66. The first kappa shape index (κ1) is 13.9. The summed E-state index contributed by atoms with van der Waals surface area (Å²) in [5.74, 6) is 1.07. The standard InChI is InChI=1S/C15H21NO3/c1-18-13-11(10-17)6-7-12(14(13)19-2)15(16)8-4-3-5-9-15/h6-7,10H,3-5,8-9,16H2,1-2H3. The summed E-state index contributed by atoms with van der Waals surface area (Å²) in [5.41, 5.74) is 7.60. The van der Waals surface area contributed by atoms with E-state index in [2.05, 4.69) is 0 Å². The fraction of sp³-hybridized carbons (Fsp3) is 0.533. The van der Waals surface area contributed by atoms with Crippen molar-refractivity contribution in [2.24, 2.45) is 5.73 Å². The lowest BCUT2D eigenvalue weighted by Gasteiger charge is -2.35. The summed E-state index contributed by atoms with van der Waals surface area (Å²) in [7, 11) is 3.13. The predicted octanol–water partition coefficient (Wildman–Crippen LogP) is 2.63. The maximum Gasteiger partial charge on any atom is 0.171 e. The zero-order valence-electron chi connectivity index (χ0n) is 11.6. The molecule has 1 aromatic rings. The normalized spacial score (nSPS) is 17.8. The Labute approximate surface area is 113 Å². The van der Waals surface area contributed by atoms with E-state index < -0.39 is 0 Å². The average Bonchev–Trinajstić information content (AvgIpc) is 2.46. The number of rotatable bonds is 4. The first-order chi connectivity index (χ1) is 9.16. The molecule has 0 amide bonds. The first-order valence-corrected chi connectivity index (χ1v) is 6.66. The van der Waals surface area contributed by atoms with Gasteiger partial charge in [0.2, 0.25) is 0 Å². The van der Waals surface area contributed by atoms with Crippen LogP contribution in [0.25, 0.3) is 0 Å². The molecule has 1 aliphatic rings. The van der Waals surface area contributed by atoms with Gasteiger partial charge in [-0.1, -0.05) is 25.3 Å². The summed E-state index contributed by atoms with van der Waals surface area (Å²) in [4.78, 5) is 11.1. The Balaban J connectivity index is 2.53. The molecule has 0 aliphatic heterocycles. The van der Waals surface area contributed by atoms with E-state index in [4.69, 9.17) is 15.2 Å². The molecule has 0 atom stereocenters. The number of hydrogen-bond donors (Lipinski definition) is 1. The van der Waals surface area contributed by atoms with Crippen molar-refractivity contribution in [1.29, 1.82) is 0 Å². The van der Waals surface area contributed by atoms with Crippen molar-refractivity contribution in [3.05, 3.63) is 23.3 Å². The minimum absolute atomic E-state index is 0.377. The molecule has 1 saturated carbocycles. The Morgan fingerprint density at radius 1 is 1.11 bits per heavy atom. The third-order valence-corrected chi connectivity index (χ3v) is 3.96. The van der Waals surface area contributed by atoms with Crippen LogP contribution in [-0.2, 0) is 5.54 Å². The number of nitrogens with two attached hydrogens (primary N) is 1. The molecule has 0 saturated heterocycles. The molecule has 4 nitrogen and oxygen atoms in total. The molecule has 0 unspecified atom stereocenters. The van der Waals surface area contributed by atoms with Crippen LogP contribution in [0.1, 0.15) is 48.0 Å². The zero-order valence-corrected chi connectivity index (χ0v) is 11.6. The highest BCUT2D eigenvalue weighted by molar-refractivity contribution is 5.82. The summed E-state index contributed by atoms with van der Waals surface area (Å²) in [5, 5.41) is 0. The van der Waals surface area contributed by atoms with Crippen molar-refractivity contribution in [3.63, 3.8) is 0 Å². The lowest BCUT2D eigenvalue weighted by Crippen LogP contribution is -2.39. The highest BCUT2D eigenvalue weighted by Crippen LogP contribution is 2.44. The van der Waals surface area contributed by atoms with Crippen LogP contribution in [0.3, 0.4) is 0 Å². The summed E-state index contributed by atoms with van der Waals surface area (Å²) in [6.45, 7) is 0. The first-order valence-electron chi connectivity index (χ1n) is 6.66. The quantitative estimate of drug-likeness (QED) is 0.848. The van der Waals surface area contributed by atoms with Crippen LogP contribution >= 0.6 is 0 Å². The number of carbonyl (C=O) groups is 1. The van der Waals surface area contributed by atoms with Gasteiger partial charge in [0.05, 0.1) is 19.8 Å². The van der Waals surface area contributed by atoms with Gasteiger partial charge < -0.3 is 15.2 Å². The maximum atomic E-state index is 11.1. The van der Waals surface area contributed by atoms with Crippen molar-refractivity contribution >= 4 is 6.29 Å². The van der Waals surface area contributed by atoms with Crippen molar-refractivity contribution in [2.45, 2.75) is 37.6 Å². The molecule has 0 heterocycles. The smallest absolute Gasteiger partial charge is 0.171 e. The molecule has 0 spiro atoms. The number of ether oxygens (including phenoxy) is 2. The number of carbonyl (C=O) groups excluding carboxylic acids is 1. The molecule has 2 rings (SSSR count). The lowest BCUT2D eigenvalue weighted by atomic mass is 9.77.